The van der Waals surface area contributed by atoms with Crippen molar-refractivity contribution >= 4 is 5.97 Å². The van der Waals surface area contributed by atoms with Crippen molar-refractivity contribution in [3.8, 4) is 11.4 Å². The number of carbonyl (C=O) groups is 1. The maximum Gasteiger partial charge on any atom is 0.339 e. The summed E-state index contributed by atoms with van der Waals surface area (Å²) >= 11 is 0. The third-order valence-corrected chi connectivity index (χ3v) is 2.63. The van der Waals surface area contributed by atoms with Crippen LogP contribution in [0.25, 0.3) is 5.69 Å². The minimum atomic E-state index is -0.979. The van der Waals surface area contributed by atoms with Crippen molar-refractivity contribution < 1.29 is 14.6 Å². The van der Waals surface area contributed by atoms with E-state index in [-0.39, 0.29) is 5.56 Å². The highest BCUT2D eigenvalue weighted by atomic mass is 16.5. The van der Waals surface area contributed by atoms with Crippen molar-refractivity contribution in [3.63, 3.8) is 0 Å². The highest BCUT2D eigenvalue weighted by molar-refractivity contribution is 5.88. The third kappa shape index (κ3) is 2.07. The molecule has 0 fully saturated rings. The highest BCUT2D eigenvalue weighted by Gasteiger charge is 2.15. The van der Waals surface area contributed by atoms with E-state index in [1.54, 1.807) is 11.6 Å². The van der Waals surface area contributed by atoms with Gasteiger partial charge in [-0.2, -0.15) is 5.10 Å². The fraction of sp³-hybridized carbons (Fsp3) is 0.231. The van der Waals surface area contributed by atoms with Crippen molar-refractivity contribution in [2.24, 2.45) is 0 Å². The SMILES string of the molecule is CCOc1ccccc1-n1ncc(C(=O)O)c1C. The number of rotatable bonds is 4. The predicted molar refractivity (Wildman–Crippen MR) is 66.4 cm³/mol. The molecule has 0 saturated carbocycles. The first kappa shape index (κ1) is 12.2. The van der Waals surface area contributed by atoms with Crippen molar-refractivity contribution in [2.45, 2.75) is 13.8 Å². The van der Waals surface area contributed by atoms with Crippen LogP contribution in [0.3, 0.4) is 0 Å². The third-order valence-electron chi connectivity index (χ3n) is 2.63. The summed E-state index contributed by atoms with van der Waals surface area (Å²) in [4.78, 5) is 11.0. The molecule has 1 heterocycles. The first-order chi connectivity index (χ1) is 8.65. The Hall–Kier alpha value is -2.30. The van der Waals surface area contributed by atoms with Gasteiger partial charge in [-0.15, -0.1) is 0 Å². The molecule has 0 aliphatic rings. The van der Waals surface area contributed by atoms with E-state index in [9.17, 15) is 4.79 Å². The molecule has 0 aliphatic carbocycles. The summed E-state index contributed by atoms with van der Waals surface area (Å²) in [5.74, 6) is -0.296. The van der Waals surface area contributed by atoms with Crippen molar-refractivity contribution in [2.75, 3.05) is 6.61 Å². The normalized spacial score (nSPS) is 10.3. The summed E-state index contributed by atoms with van der Waals surface area (Å²) in [5.41, 5.74) is 1.51. The average molecular weight is 246 g/mol. The number of carboxylic acids is 1. The standard InChI is InChI=1S/C13H14N2O3/c1-3-18-12-7-5-4-6-11(12)15-9(2)10(8-14-15)13(16)17/h4-8H,3H2,1-2H3,(H,16,17). The number of ether oxygens (including phenoxy) is 1. The second-order valence-electron chi connectivity index (χ2n) is 3.76. The van der Waals surface area contributed by atoms with E-state index in [2.05, 4.69) is 5.10 Å². The van der Waals surface area contributed by atoms with Crippen molar-refractivity contribution in [1.82, 2.24) is 9.78 Å². The molecule has 0 amide bonds. The zero-order chi connectivity index (χ0) is 13.1. The zero-order valence-electron chi connectivity index (χ0n) is 10.3. The predicted octanol–water partition coefficient (Wildman–Crippen LogP) is 2.28. The fourth-order valence-corrected chi connectivity index (χ4v) is 1.77. The van der Waals surface area contributed by atoms with Gasteiger partial charge in [-0.05, 0) is 26.0 Å². The Morgan fingerprint density at radius 3 is 2.78 bits per heavy atom. The van der Waals surface area contributed by atoms with E-state index in [1.165, 1.54) is 6.20 Å². The van der Waals surface area contributed by atoms with Crippen LogP contribution in [0.1, 0.15) is 23.0 Å². The van der Waals surface area contributed by atoms with Gasteiger partial charge >= 0.3 is 5.97 Å². The monoisotopic (exact) mass is 246 g/mol. The first-order valence-electron chi connectivity index (χ1n) is 5.65. The van der Waals surface area contributed by atoms with Gasteiger partial charge in [0, 0.05) is 0 Å². The Labute approximate surface area is 105 Å². The molecule has 2 aromatic rings. The molecular weight excluding hydrogens is 232 g/mol. The van der Waals surface area contributed by atoms with Crippen LogP contribution < -0.4 is 4.74 Å². The number of nitrogens with zero attached hydrogens (tertiary/aromatic N) is 2. The van der Waals surface area contributed by atoms with E-state index in [0.717, 1.165) is 5.69 Å². The van der Waals surface area contributed by atoms with Gasteiger partial charge in [0.05, 0.1) is 18.5 Å². The highest BCUT2D eigenvalue weighted by Crippen LogP contribution is 2.24. The first-order valence-corrected chi connectivity index (χ1v) is 5.65. The Balaban J connectivity index is 2.52. The van der Waals surface area contributed by atoms with Crippen LogP contribution in [0.15, 0.2) is 30.5 Å². The number of aromatic carboxylic acids is 1. The molecule has 0 radical (unpaired) electrons. The van der Waals surface area contributed by atoms with Crippen LogP contribution in [-0.4, -0.2) is 27.5 Å². The van der Waals surface area contributed by atoms with E-state index >= 15 is 0 Å². The number of para-hydroxylation sites is 2. The molecule has 0 unspecified atom stereocenters. The van der Waals surface area contributed by atoms with Gasteiger partial charge in [0.15, 0.2) is 0 Å². The smallest absolute Gasteiger partial charge is 0.339 e. The minimum absolute atomic E-state index is 0.196. The Morgan fingerprint density at radius 1 is 1.44 bits per heavy atom. The molecule has 1 N–H and O–H groups in total. The topological polar surface area (TPSA) is 64.4 Å². The summed E-state index contributed by atoms with van der Waals surface area (Å²) in [5, 5.41) is 13.1. The second-order valence-corrected chi connectivity index (χ2v) is 3.76. The Kier molecular flexibility index (Phi) is 3.32. The molecule has 2 rings (SSSR count). The van der Waals surface area contributed by atoms with Gasteiger partial charge in [-0.1, -0.05) is 12.1 Å². The molecule has 1 aromatic carbocycles. The Bertz CT molecular complexity index is 575. The quantitative estimate of drug-likeness (QED) is 0.898. The molecule has 0 bridgehead atoms. The van der Waals surface area contributed by atoms with Gasteiger partial charge in [0.25, 0.3) is 0 Å². The van der Waals surface area contributed by atoms with Gasteiger partial charge in [-0.3, -0.25) is 0 Å². The van der Waals surface area contributed by atoms with Crippen LogP contribution >= 0.6 is 0 Å². The summed E-state index contributed by atoms with van der Waals surface area (Å²) in [6.45, 7) is 4.16. The lowest BCUT2D eigenvalue weighted by Gasteiger charge is -2.11. The second kappa shape index (κ2) is 4.91. The summed E-state index contributed by atoms with van der Waals surface area (Å²) in [6, 6.07) is 7.40. The lowest BCUT2D eigenvalue weighted by atomic mass is 10.2. The summed E-state index contributed by atoms with van der Waals surface area (Å²) < 4.78 is 7.09. The fourth-order valence-electron chi connectivity index (χ4n) is 1.77. The largest absolute Gasteiger partial charge is 0.492 e. The molecule has 0 atom stereocenters. The van der Waals surface area contributed by atoms with Gasteiger partial charge in [0.1, 0.15) is 17.0 Å². The van der Waals surface area contributed by atoms with Crippen molar-refractivity contribution in [3.05, 3.63) is 41.7 Å². The van der Waals surface area contributed by atoms with Gasteiger partial charge in [-0.25, -0.2) is 9.48 Å². The number of hydrogen-bond donors (Lipinski definition) is 1. The van der Waals surface area contributed by atoms with E-state index < -0.39 is 5.97 Å². The summed E-state index contributed by atoms with van der Waals surface area (Å²) in [6.07, 6.45) is 1.35. The van der Waals surface area contributed by atoms with Crippen LogP contribution in [0.5, 0.6) is 5.75 Å². The van der Waals surface area contributed by atoms with E-state index in [1.807, 2.05) is 31.2 Å². The number of benzene rings is 1. The Morgan fingerprint density at radius 2 is 2.17 bits per heavy atom. The molecule has 0 aliphatic heterocycles. The molecule has 5 heteroatoms. The number of carboxylic acid groups (broad SMARTS) is 1. The van der Waals surface area contributed by atoms with Gasteiger partial charge in [0.2, 0.25) is 0 Å². The maximum atomic E-state index is 11.0. The molecule has 0 saturated heterocycles. The number of aromatic nitrogens is 2. The summed E-state index contributed by atoms with van der Waals surface area (Å²) in [7, 11) is 0. The van der Waals surface area contributed by atoms with Crippen LogP contribution in [0.4, 0.5) is 0 Å². The van der Waals surface area contributed by atoms with Crippen LogP contribution in [-0.2, 0) is 0 Å². The molecule has 18 heavy (non-hydrogen) atoms. The van der Waals surface area contributed by atoms with Gasteiger partial charge < -0.3 is 9.84 Å². The lowest BCUT2D eigenvalue weighted by Crippen LogP contribution is -2.05. The molecule has 0 spiro atoms. The van der Waals surface area contributed by atoms with Crippen LogP contribution in [0, 0.1) is 6.92 Å². The number of hydrogen-bond acceptors (Lipinski definition) is 3. The molecule has 94 valence electrons. The average Bonchev–Trinajstić information content (AvgIpc) is 2.72. The minimum Gasteiger partial charge on any atom is -0.492 e. The van der Waals surface area contributed by atoms with E-state index in [4.69, 9.17) is 9.84 Å². The lowest BCUT2D eigenvalue weighted by molar-refractivity contribution is 0.0696. The van der Waals surface area contributed by atoms with Crippen LogP contribution in [0.2, 0.25) is 0 Å². The van der Waals surface area contributed by atoms with E-state index in [0.29, 0.717) is 18.1 Å². The molecular formula is C13H14N2O3. The van der Waals surface area contributed by atoms with Crippen molar-refractivity contribution in [1.29, 1.82) is 0 Å². The molecule has 5 nitrogen and oxygen atoms in total. The maximum absolute atomic E-state index is 11.0. The molecule has 1 aromatic heterocycles. The zero-order valence-corrected chi connectivity index (χ0v) is 10.3.